The fourth-order valence-electron chi connectivity index (χ4n) is 7.64. The van der Waals surface area contributed by atoms with Gasteiger partial charge < -0.3 is 0 Å². The van der Waals surface area contributed by atoms with E-state index in [4.69, 9.17) is 0 Å². The standard InChI is InChI=1S/C47H34S2/c1-47(2)41-25-23-35(45-43(33-19-11-5-12-20-33)39(29-48-45)31-15-7-3-8-16-31)27-37(41)38-28-36(24-26-42(38)47)46-44(34-21-13-6-14-22-34)40(30-49-46)32-17-9-4-10-18-32/h3-30H,1-2H3. The van der Waals surface area contributed by atoms with Crippen LogP contribution >= 0.6 is 22.7 Å². The molecular formula is C47H34S2. The number of thiophene rings is 2. The van der Waals surface area contributed by atoms with Crippen LogP contribution in [0.2, 0.25) is 0 Å². The van der Waals surface area contributed by atoms with E-state index in [2.05, 4.69) is 182 Å². The molecule has 0 aliphatic heterocycles. The largest absolute Gasteiger partial charge is 0.142 e. The van der Waals surface area contributed by atoms with Gasteiger partial charge in [-0.1, -0.05) is 159 Å². The van der Waals surface area contributed by atoms with Crippen molar-refractivity contribution < 1.29 is 0 Å². The van der Waals surface area contributed by atoms with E-state index in [9.17, 15) is 0 Å². The Morgan fingerprint density at radius 2 is 0.694 bits per heavy atom. The molecule has 0 saturated heterocycles. The molecule has 2 heteroatoms. The lowest BCUT2D eigenvalue weighted by Gasteiger charge is -2.21. The second-order valence-corrected chi connectivity index (χ2v) is 15.1. The number of hydrogen-bond donors (Lipinski definition) is 0. The van der Waals surface area contributed by atoms with Crippen LogP contribution in [0.3, 0.4) is 0 Å². The molecule has 0 fully saturated rings. The van der Waals surface area contributed by atoms with Gasteiger partial charge in [0.15, 0.2) is 0 Å². The van der Waals surface area contributed by atoms with E-state index in [1.165, 1.54) is 87.6 Å². The average Bonchev–Trinajstić information content (AvgIpc) is 3.87. The quantitative estimate of drug-likeness (QED) is 0.166. The summed E-state index contributed by atoms with van der Waals surface area (Å²) in [4.78, 5) is 2.62. The first kappa shape index (κ1) is 29.8. The van der Waals surface area contributed by atoms with E-state index in [0.717, 1.165) is 0 Å². The van der Waals surface area contributed by atoms with E-state index in [1.807, 2.05) is 22.7 Å². The molecule has 1 aliphatic carbocycles. The summed E-state index contributed by atoms with van der Waals surface area (Å²) in [5.41, 5.74) is 18.1. The molecule has 49 heavy (non-hydrogen) atoms. The van der Waals surface area contributed by atoms with E-state index in [1.54, 1.807) is 0 Å². The van der Waals surface area contributed by atoms with Gasteiger partial charge in [-0.05, 0) is 78.5 Å². The smallest absolute Gasteiger partial charge is 0.0427 e. The van der Waals surface area contributed by atoms with Gasteiger partial charge in [0.25, 0.3) is 0 Å². The highest BCUT2D eigenvalue weighted by Gasteiger charge is 2.36. The van der Waals surface area contributed by atoms with Crippen LogP contribution in [0.4, 0.5) is 0 Å². The maximum Gasteiger partial charge on any atom is 0.0427 e. The summed E-state index contributed by atoms with van der Waals surface area (Å²) in [6.07, 6.45) is 0. The summed E-state index contributed by atoms with van der Waals surface area (Å²) in [7, 11) is 0. The molecule has 0 radical (unpaired) electrons. The van der Waals surface area contributed by atoms with Crippen molar-refractivity contribution in [3.8, 4) is 76.5 Å². The molecular weight excluding hydrogens is 629 g/mol. The Bertz CT molecular complexity index is 2260. The average molecular weight is 663 g/mol. The number of benzene rings is 6. The fourth-order valence-corrected chi connectivity index (χ4v) is 9.83. The van der Waals surface area contributed by atoms with Gasteiger partial charge in [0.05, 0.1) is 0 Å². The summed E-state index contributed by atoms with van der Waals surface area (Å²) < 4.78 is 0. The molecule has 0 saturated carbocycles. The maximum atomic E-state index is 2.46. The molecule has 2 aromatic heterocycles. The lowest BCUT2D eigenvalue weighted by Crippen LogP contribution is -2.14. The number of rotatable bonds is 6. The Morgan fingerprint density at radius 1 is 0.347 bits per heavy atom. The topological polar surface area (TPSA) is 0 Å². The maximum absolute atomic E-state index is 2.46. The normalized spacial score (nSPS) is 12.9. The van der Waals surface area contributed by atoms with Crippen LogP contribution in [0.15, 0.2) is 168 Å². The number of hydrogen-bond acceptors (Lipinski definition) is 2. The second-order valence-electron chi connectivity index (χ2n) is 13.3. The van der Waals surface area contributed by atoms with Crippen LogP contribution in [0.5, 0.6) is 0 Å². The van der Waals surface area contributed by atoms with E-state index in [0.29, 0.717) is 0 Å². The van der Waals surface area contributed by atoms with Crippen molar-refractivity contribution in [1.29, 1.82) is 0 Å². The van der Waals surface area contributed by atoms with Gasteiger partial charge in [0.2, 0.25) is 0 Å². The van der Waals surface area contributed by atoms with Crippen LogP contribution in [-0.2, 0) is 5.41 Å². The second kappa shape index (κ2) is 12.0. The summed E-state index contributed by atoms with van der Waals surface area (Å²) in [5.74, 6) is 0. The van der Waals surface area contributed by atoms with Crippen LogP contribution in [0, 0.1) is 0 Å². The first-order valence-electron chi connectivity index (χ1n) is 16.8. The van der Waals surface area contributed by atoms with Gasteiger partial charge in [0.1, 0.15) is 0 Å². The number of fused-ring (bicyclic) bond motifs is 3. The Morgan fingerprint density at radius 3 is 1.06 bits per heavy atom. The zero-order valence-corrected chi connectivity index (χ0v) is 29.1. The molecule has 0 spiro atoms. The fraction of sp³-hybridized carbons (Fsp3) is 0.0638. The lowest BCUT2D eigenvalue weighted by atomic mass is 9.82. The van der Waals surface area contributed by atoms with Gasteiger partial charge >= 0.3 is 0 Å². The Labute approximate surface area is 296 Å². The first-order chi connectivity index (χ1) is 24.1. The molecule has 0 amide bonds. The van der Waals surface area contributed by atoms with Crippen LogP contribution < -0.4 is 0 Å². The highest BCUT2D eigenvalue weighted by atomic mass is 32.1. The lowest BCUT2D eigenvalue weighted by molar-refractivity contribution is 0.660. The van der Waals surface area contributed by atoms with E-state index >= 15 is 0 Å². The molecule has 8 aromatic rings. The van der Waals surface area contributed by atoms with Crippen molar-refractivity contribution in [2.45, 2.75) is 19.3 Å². The minimum absolute atomic E-state index is 0.0818. The zero-order chi connectivity index (χ0) is 33.0. The first-order valence-corrected chi connectivity index (χ1v) is 18.6. The van der Waals surface area contributed by atoms with Crippen molar-refractivity contribution in [2.24, 2.45) is 0 Å². The third-order valence-corrected chi connectivity index (χ3v) is 12.1. The molecule has 0 bridgehead atoms. The Kier molecular flexibility index (Phi) is 7.30. The molecule has 9 rings (SSSR count). The highest BCUT2D eigenvalue weighted by molar-refractivity contribution is 7.15. The van der Waals surface area contributed by atoms with Crippen LogP contribution in [-0.4, -0.2) is 0 Å². The van der Waals surface area contributed by atoms with Gasteiger partial charge in [-0.3, -0.25) is 0 Å². The summed E-state index contributed by atoms with van der Waals surface area (Å²) in [5, 5.41) is 4.67. The molecule has 0 unspecified atom stereocenters. The van der Waals surface area contributed by atoms with Crippen LogP contribution in [0.1, 0.15) is 25.0 Å². The minimum Gasteiger partial charge on any atom is -0.142 e. The van der Waals surface area contributed by atoms with Crippen molar-refractivity contribution in [2.75, 3.05) is 0 Å². The van der Waals surface area contributed by atoms with Gasteiger partial charge in [-0.2, -0.15) is 0 Å². The molecule has 0 N–H and O–H groups in total. The predicted molar refractivity (Wildman–Crippen MR) is 212 cm³/mol. The highest BCUT2D eigenvalue weighted by Crippen LogP contribution is 2.54. The molecule has 234 valence electrons. The Balaban J connectivity index is 1.21. The summed E-state index contributed by atoms with van der Waals surface area (Å²) >= 11 is 3.70. The molecule has 6 aromatic carbocycles. The molecule has 1 aliphatic rings. The van der Waals surface area contributed by atoms with Crippen LogP contribution in [0.25, 0.3) is 76.5 Å². The Hall–Kier alpha value is -5.28. The minimum atomic E-state index is -0.0818. The monoisotopic (exact) mass is 662 g/mol. The third-order valence-electron chi connectivity index (χ3n) is 10.1. The summed E-state index contributed by atoms with van der Waals surface area (Å²) in [6.45, 7) is 4.75. The zero-order valence-electron chi connectivity index (χ0n) is 27.5. The van der Waals surface area contributed by atoms with E-state index in [-0.39, 0.29) is 5.41 Å². The molecule has 0 nitrogen and oxygen atoms in total. The van der Waals surface area contributed by atoms with Gasteiger partial charge in [-0.25, -0.2) is 0 Å². The van der Waals surface area contributed by atoms with Crippen molar-refractivity contribution in [3.63, 3.8) is 0 Å². The van der Waals surface area contributed by atoms with E-state index < -0.39 is 0 Å². The van der Waals surface area contributed by atoms with Crippen molar-refractivity contribution in [1.82, 2.24) is 0 Å². The SMILES string of the molecule is CC1(C)c2ccc(-c3scc(-c4ccccc4)c3-c3ccccc3)cc2-c2cc(-c3scc(-c4ccccc4)c3-c3ccccc3)ccc21. The van der Waals surface area contributed by atoms with Gasteiger partial charge in [0, 0.05) is 37.4 Å². The van der Waals surface area contributed by atoms with Crippen molar-refractivity contribution in [3.05, 3.63) is 180 Å². The molecule has 0 atom stereocenters. The van der Waals surface area contributed by atoms with Gasteiger partial charge in [-0.15, -0.1) is 22.7 Å². The summed E-state index contributed by atoms with van der Waals surface area (Å²) in [6, 6.07) is 57.7. The predicted octanol–water partition coefficient (Wildman–Crippen LogP) is 14.1. The third kappa shape index (κ3) is 5.03. The molecule has 2 heterocycles. The van der Waals surface area contributed by atoms with Crippen molar-refractivity contribution >= 4 is 22.7 Å².